The maximum absolute atomic E-state index is 13.1. The van der Waals surface area contributed by atoms with Crippen molar-refractivity contribution in [3.05, 3.63) is 92.3 Å². The number of sulfone groups is 1. The summed E-state index contributed by atoms with van der Waals surface area (Å²) in [5, 5.41) is 2.84. The van der Waals surface area contributed by atoms with Crippen molar-refractivity contribution < 1.29 is 13.2 Å². The van der Waals surface area contributed by atoms with Crippen LogP contribution in [0.25, 0.3) is 6.08 Å². The lowest BCUT2D eigenvalue weighted by Crippen LogP contribution is -2.18. The molecular formula is C24H20BrNO3S2. The Bertz CT molecular complexity index is 1290. The third-order valence-corrected chi connectivity index (χ3v) is 8.42. The average molecular weight is 514 g/mol. The van der Waals surface area contributed by atoms with Crippen molar-refractivity contribution in [1.82, 2.24) is 0 Å². The maximum atomic E-state index is 13.1. The molecule has 0 unspecified atom stereocenters. The summed E-state index contributed by atoms with van der Waals surface area (Å²) in [6.45, 7) is 3.84. The molecule has 0 spiro atoms. The number of anilines is 1. The first-order valence-corrected chi connectivity index (χ1v) is 12.9. The number of fused-ring (bicyclic) bond motifs is 1. The van der Waals surface area contributed by atoms with Gasteiger partial charge >= 0.3 is 0 Å². The van der Waals surface area contributed by atoms with E-state index in [4.69, 9.17) is 0 Å². The molecule has 1 N–H and O–H groups in total. The fraction of sp³-hybridized carbons (Fsp3) is 0.125. The zero-order valence-electron chi connectivity index (χ0n) is 17.0. The summed E-state index contributed by atoms with van der Waals surface area (Å²) in [5.41, 5.74) is 4.15. The number of carbonyl (C=O) groups is 1. The molecule has 0 saturated carbocycles. The second-order valence-corrected chi connectivity index (χ2v) is 11.4. The third kappa shape index (κ3) is 4.79. The number of benzene rings is 3. The summed E-state index contributed by atoms with van der Waals surface area (Å²) >= 11 is 4.74. The van der Waals surface area contributed by atoms with Crippen LogP contribution in [0.1, 0.15) is 22.3 Å². The van der Waals surface area contributed by atoms with Crippen LogP contribution in [0.2, 0.25) is 0 Å². The smallest absolute Gasteiger partial charge is 0.262 e. The second-order valence-electron chi connectivity index (χ2n) is 7.40. The van der Waals surface area contributed by atoms with E-state index < -0.39 is 9.84 Å². The topological polar surface area (TPSA) is 63.2 Å². The molecule has 3 aromatic rings. The number of hydrogen-bond donors (Lipinski definition) is 1. The molecule has 1 aliphatic rings. The monoisotopic (exact) mass is 513 g/mol. The van der Waals surface area contributed by atoms with Crippen molar-refractivity contribution in [2.24, 2.45) is 0 Å². The summed E-state index contributed by atoms with van der Waals surface area (Å²) in [5.74, 6) is -0.315. The molecule has 0 aliphatic carbocycles. The molecule has 0 radical (unpaired) electrons. The molecule has 0 fully saturated rings. The molecule has 4 nitrogen and oxygen atoms in total. The van der Waals surface area contributed by atoms with Crippen LogP contribution in [0.5, 0.6) is 0 Å². The average Bonchev–Trinajstić information content (AvgIpc) is 2.72. The van der Waals surface area contributed by atoms with Crippen LogP contribution in [0, 0.1) is 13.8 Å². The minimum atomic E-state index is -3.56. The Morgan fingerprint density at radius 3 is 2.35 bits per heavy atom. The van der Waals surface area contributed by atoms with Crippen LogP contribution in [0.15, 0.2) is 79.8 Å². The van der Waals surface area contributed by atoms with Crippen molar-refractivity contribution in [1.29, 1.82) is 0 Å². The Kier molecular flexibility index (Phi) is 6.10. The van der Waals surface area contributed by atoms with Crippen molar-refractivity contribution in [2.45, 2.75) is 29.4 Å². The molecule has 0 saturated heterocycles. The Morgan fingerprint density at radius 1 is 1.00 bits per heavy atom. The van der Waals surface area contributed by atoms with Gasteiger partial charge in [-0.2, -0.15) is 0 Å². The molecule has 0 atom stereocenters. The first kappa shape index (κ1) is 21.9. The Labute approximate surface area is 194 Å². The first-order valence-electron chi connectivity index (χ1n) is 9.61. The molecule has 0 aromatic heterocycles. The van der Waals surface area contributed by atoms with E-state index in [2.05, 4.69) is 21.2 Å². The van der Waals surface area contributed by atoms with E-state index in [0.717, 1.165) is 31.6 Å². The summed E-state index contributed by atoms with van der Waals surface area (Å²) in [6.07, 6.45) is 1.82. The lowest BCUT2D eigenvalue weighted by molar-refractivity contribution is -0.112. The fourth-order valence-corrected chi connectivity index (χ4v) is 6.16. The Hall–Kier alpha value is -2.35. The van der Waals surface area contributed by atoms with E-state index >= 15 is 0 Å². The van der Waals surface area contributed by atoms with E-state index in [1.807, 2.05) is 62.4 Å². The predicted molar refractivity (Wildman–Crippen MR) is 130 cm³/mol. The lowest BCUT2D eigenvalue weighted by Gasteiger charge is -2.20. The first-order chi connectivity index (χ1) is 14.7. The molecule has 3 aromatic carbocycles. The Balaban J connectivity index is 1.62. The molecule has 1 heterocycles. The summed E-state index contributed by atoms with van der Waals surface area (Å²) in [4.78, 5) is 14.2. The van der Waals surface area contributed by atoms with Gasteiger partial charge in [-0.3, -0.25) is 4.79 Å². The van der Waals surface area contributed by atoms with Crippen LogP contribution < -0.4 is 5.32 Å². The van der Waals surface area contributed by atoms with Gasteiger partial charge in [0.1, 0.15) is 0 Å². The van der Waals surface area contributed by atoms with Gasteiger partial charge < -0.3 is 5.32 Å². The van der Waals surface area contributed by atoms with Crippen molar-refractivity contribution in [2.75, 3.05) is 5.32 Å². The van der Waals surface area contributed by atoms with Crippen molar-refractivity contribution >= 4 is 55.2 Å². The van der Waals surface area contributed by atoms with Gasteiger partial charge in [-0.1, -0.05) is 58.0 Å². The lowest BCUT2D eigenvalue weighted by atomic mass is 10.1. The number of halogens is 1. The van der Waals surface area contributed by atoms with Gasteiger partial charge in [-0.05, 0) is 72.5 Å². The van der Waals surface area contributed by atoms with E-state index in [0.29, 0.717) is 10.6 Å². The third-order valence-electron chi connectivity index (χ3n) is 5.15. The molecule has 158 valence electrons. The number of rotatable bonds is 4. The molecule has 1 aliphatic heterocycles. The molecule has 1 amide bonds. The van der Waals surface area contributed by atoms with Crippen LogP contribution in [-0.4, -0.2) is 14.3 Å². The van der Waals surface area contributed by atoms with Crippen molar-refractivity contribution in [3.63, 3.8) is 0 Å². The highest BCUT2D eigenvalue weighted by Crippen LogP contribution is 2.40. The van der Waals surface area contributed by atoms with Gasteiger partial charge in [-0.15, -0.1) is 0 Å². The molecule has 31 heavy (non-hydrogen) atoms. The molecule has 4 rings (SSSR count). The van der Waals surface area contributed by atoms with Crippen molar-refractivity contribution in [3.8, 4) is 0 Å². The zero-order chi connectivity index (χ0) is 22.2. The number of nitrogens with one attached hydrogen (secondary N) is 1. The van der Waals surface area contributed by atoms with Gasteiger partial charge in [0, 0.05) is 9.37 Å². The highest BCUT2D eigenvalue weighted by atomic mass is 79.9. The van der Waals surface area contributed by atoms with Gasteiger partial charge in [0.2, 0.25) is 0 Å². The van der Waals surface area contributed by atoms with Gasteiger partial charge in [0.25, 0.3) is 5.91 Å². The second kappa shape index (κ2) is 8.65. The van der Waals surface area contributed by atoms with E-state index in [-0.39, 0.29) is 16.6 Å². The van der Waals surface area contributed by atoms with E-state index in [1.165, 1.54) is 11.8 Å². The number of amides is 1. The highest BCUT2D eigenvalue weighted by molar-refractivity contribution is 9.10. The minimum Gasteiger partial charge on any atom is -0.320 e. The minimum absolute atomic E-state index is 0.0693. The summed E-state index contributed by atoms with van der Waals surface area (Å²) in [7, 11) is -3.56. The summed E-state index contributed by atoms with van der Waals surface area (Å²) < 4.78 is 27.1. The van der Waals surface area contributed by atoms with Crippen LogP contribution in [0.4, 0.5) is 5.69 Å². The SMILES string of the molecule is Cc1cccc(C)c1CS(=O)(=O)c1ccc2c(c1)NC(=O)/C(=C/c1ccc(Br)cc1)S2. The standard InChI is InChI=1S/C24H20BrNO3S2/c1-15-4-3-5-16(2)20(15)14-31(28,29)19-10-11-22-21(13-19)26-24(27)23(30-22)12-17-6-8-18(25)9-7-17/h3-13H,14H2,1-2H3,(H,26,27)/b23-12-. The van der Waals surface area contributed by atoms with E-state index in [1.54, 1.807) is 18.2 Å². The quantitative estimate of drug-likeness (QED) is 0.426. The number of carbonyl (C=O) groups excluding carboxylic acids is 1. The summed E-state index contributed by atoms with van der Waals surface area (Å²) in [6, 6.07) is 18.4. The molecule has 7 heteroatoms. The number of aryl methyl sites for hydroxylation is 2. The van der Waals surface area contributed by atoms with Crippen LogP contribution >= 0.6 is 27.7 Å². The Morgan fingerprint density at radius 2 is 1.68 bits per heavy atom. The normalized spacial score (nSPS) is 14.9. The number of hydrogen-bond acceptors (Lipinski definition) is 4. The highest BCUT2D eigenvalue weighted by Gasteiger charge is 2.24. The van der Waals surface area contributed by atoms with Gasteiger partial charge in [0.15, 0.2) is 9.84 Å². The predicted octanol–water partition coefficient (Wildman–Crippen LogP) is 6.13. The molecule has 0 bridgehead atoms. The maximum Gasteiger partial charge on any atom is 0.262 e. The zero-order valence-corrected chi connectivity index (χ0v) is 20.2. The largest absolute Gasteiger partial charge is 0.320 e. The van der Waals surface area contributed by atoms with Gasteiger partial charge in [-0.25, -0.2) is 8.42 Å². The number of thioether (sulfide) groups is 1. The molecular weight excluding hydrogens is 494 g/mol. The van der Waals surface area contributed by atoms with Crippen LogP contribution in [-0.2, 0) is 20.4 Å². The van der Waals surface area contributed by atoms with E-state index in [9.17, 15) is 13.2 Å². The fourth-order valence-electron chi connectivity index (χ4n) is 3.39. The van der Waals surface area contributed by atoms with Crippen LogP contribution in [0.3, 0.4) is 0 Å². The van der Waals surface area contributed by atoms with Gasteiger partial charge in [0.05, 0.1) is 21.2 Å².